The van der Waals surface area contributed by atoms with E-state index < -0.39 is 15.6 Å². The van der Waals surface area contributed by atoms with E-state index in [4.69, 9.17) is 0 Å². The molecule has 0 N–H and O–H groups in total. The highest BCUT2D eigenvalue weighted by atomic mass is 32.5. The fourth-order valence-electron chi connectivity index (χ4n) is 1.65. The van der Waals surface area contributed by atoms with Gasteiger partial charge in [0.25, 0.3) is 0 Å². The summed E-state index contributed by atoms with van der Waals surface area (Å²) in [5.41, 5.74) is 0. The van der Waals surface area contributed by atoms with Crippen LogP contribution in [0.3, 0.4) is 0 Å². The fourth-order valence-corrected chi connectivity index (χ4v) is 2.15. The van der Waals surface area contributed by atoms with Crippen LogP contribution in [0, 0.1) is 0 Å². The number of unbranched alkanes of at least 4 members (excludes halogenated alkanes) is 8. The normalized spacial score (nSPS) is 16.8. The monoisotopic (exact) mass is 294 g/mol. The van der Waals surface area contributed by atoms with E-state index >= 15 is 0 Å². The first-order chi connectivity index (χ1) is 8.04. The Kier molecular flexibility index (Phi) is 6.17. The van der Waals surface area contributed by atoms with Gasteiger partial charge in [-0.15, -0.1) is 0 Å². The lowest BCUT2D eigenvalue weighted by Crippen LogP contribution is -1.98. The second-order valence-corrected chi connectivity index (χ2v) is 6.99. The molecule has 0 aromatic carbocycles. The van der Waals surface area contributed by atoms with E-state index in [0.29, 0.717) is 12.5 Å². The second kappa shape index (κ2) is 6.26. The molecule has 112 valence electrons. The molecule has 0 aliphatic heterocycles. The molecule has 6 heteroatoms. The molecule has 0 aromatic heterocycles. The Morgan fingerprint density at radius 1 is 0.722 bits per heavy atom. The van der Waals surface area contributed by atoms with Crippen molar-refractivity contribution in [1.29, 1.82) is 0 Å². The van der Waals surface area contributed by atoms with E-state index in [1.165, 1.54) is 19.3 Å². The zero-order chi connectivity index (χ0) is 14.2. The highest BCUT2D eigenvalue weighted by Crippen LogP contribution is 2.98. The largest absolute Gasteiger partial charge is 0.304 e. The fraction of sp³-hybridized carbons (Fsp3) is 0.833. The van der Waals surface area contributed by atoms with Gasteiger partial charge in [-0.2, -0.15) is 0 Å². The second-order valence-electron chi connectivity index (χ2n) is 4.66. The number of rotatable bonds is 10. The van der Waals surface area contributed by atoms with Crippen molar-refractivity contribution in [2.45, 2.75) is 64.7 Å². The summed E-state index contributed by atoms with van der Waals surface area (Å²) in [5.74, 6) is 0. The Balaban J connectivity index is 3.50. The van der Waals surface area contributed by atoms with Crippen molar-refractivity contribution < 1.29 is 19.4 Å². The van der Waals surface area contributed by atoms with Crippen molar-refractivity contribution in [3.05, 3.63) is 11.5 Å². The van der Waals surface area contributed by atoms with Gasteiger partial charge in [0.05, 0.1) is 5.41 Å². The van der Waals surface area contributed by atoms with Gasteiger partial charge >= 0.3 is 10.2 Å². The average molecular weight is 294 g/mol. The summed E-state index contributed by atoms with van der Waals surface area (Å²) in [6.07, 6.45) is 8.74. The molecule has 0 atom stereocenters. The summed E-state index contributed by atoms with van der Waals surface area (Å²) in [4.78, 5) is 0. The lowest BCUT2D eigenvalue weighted by molar-refractivity contribution is 0.384. The highest BCUT2D eigenvalue weighted by molar-refractivity contribution is 8.48. The Morgan fingerprint density at radius 2 is 1.17 bits per heavy atom. The SMILES string of the molecule is CCCCCCCCCC/C=C/S(F)(F)(F)(F)F. The van der Waals surface area contributed by atoms with Crippen LogP contribution in [-0.4, -0.2) is 0 Å². The van der Waals surface area contributed by atoms with E-state index in [-0.39, 0.29) is 6.42 Å². The molecule has 0 saturated carbocycles. The lowest BCUT2D eigenvalue weighted by Gasteiger charge is -2.36. The van der Waals surface area contributed by atoms with E-state index in [9.17, 15) is 19.4 Å². The quantitative estimate of drug-likeness (QED) is 0.292. The smallest absolute Gasteiger partial charge is 0.0942 e. The number of hydrogen-bond donors (Lipinski definition) is 0. The molecule has 0 nitrogen and oxygen atoms in total. The molecule has 0 radical (unpaired) electrons. The molecular weight excluding hydrogens is 271 g/mol. The maximum absolute atomic E-state index is 11.9. The first-order valence-electron chi connectivity index (χ1n) is 6.46. The predicted molar refractivity (Wildman–Crippen MR) is 69.5 cm³/mol. The Hall–Kier alpha value is -0.260. The molecule has 18 heavy (non-hydrogen) atoms. The van der Waals surface area contributed by atoms with Crippen molar-refractivity contribution in [3.63, 3.8) is 0 Å². The maximum Gasteiger partial charge on any atom is 0.304 e. The van der Waals surface area contributed by atoms with Crippen molar-refractivity contribution in [3.8, 4) is 0 Å². The number of halogens is 5. The summed E-state index contributed by atoms with van der Waals surface area (Å²) in [5, 5.41) is -0.832. The summed E-state index contributed by atoms with van der Waals surface area (Å²) < 4.78 is 59.4. The molecular formula is C12H23F5S. The topological polar surface area (TPSA) is 0 Å². The van der Waals surface area contributed by atoms with Gasteiger partial charge in [0.15, 0.2) is 0 Å². The zero-order valence-corrected chi connectivity index (χ0v) is 11.6. The average Bonchev–Trinajstić information content (AvgIpc) is 2.17. The van der Waals surface area contributed by atoms with Crippen LogP contribution in [0.5, 0.6) is 0 Å². The Labute approximate surface area is 106 Å². The Morgan fingerprint density at radius 3 is 1.61 bits per heavy atom. The first kappa shape index (κ1) is 17.7. The zero-order valence-electron chi connectivity index (χ0n) is 10.8. The van der Waals surface area contributed by atoms with Gasteiger partial charge in [0.1, 0.15) is 0 Å². The van der Waals surface area contributed by atoms with Gasteiger partial charge in [-0.1, -0.05) is 77.4 Å². The van der Waals surface area contributed by atoms with Crippen LogP contribution >= 0.6 is 10.2 Å². The number of hydrogen-bond acceptors (Lipinski definition) is 0. The van der Waals surface area contributed by atoms with Gasteiger partial charge in [-0.3, -0.25) is 0 Å². The third-order valence-electron chi connectivity index (χ3n) is 2.58. The van der Waals surface area contributed by atoms with Crippen LogP contribution < -0.4 is 0 Å². The lowest BCUT2D eigenvalue weighted by atomic mass is 10.1. The summed E-state index contributed by atoms with van der Waals surface area (Å²) in [6, 6.07) is 0. The minimum absolute atomic E-state index is 0.0700. The minimum atomic E-state index is -9.32. The highest BCUT2D eigenvalue weighted by Gasteiger charge is 2.60. The van der Waals surface area contributed by atoms with Gasteiger partial charge in [0.2, 0.25) is 0 Å². The molecule has 0 unspecified atom stereocenters. The Bertz CT molecular complexity index is 253. The molecule has 0 bridgehead atoms. The van der Waals surface area contributed by atoms with Crippen molar-refractivity contribution >= 4 is 10.2 Å². The third kappa shape index (κ3) is 15.7. The molecule has 0 saturated heterocycles. The molecule has 0 aliphatic carbocycles. The van der Waals surface area contributed by atoms with Gasteiger partial charge < -0.3 is 0 Å². The molecule has 0 spiro atoms. The maximum atomic E-state index is 11.9. The van der Waals surface area contributed by atoms with Crippen molar-refractivity contribution in [2.24, 2.45) is 0 Å². The summed E-state index contributed by atoms with van der Waals surface area (Å²) in [6.45, 7) is 2.13. The van der Waals surface area contributed by atoms with Crippen LogP contribution in [0.4, 0.5) is 19.4 Å². The van der Waals surface area contributed by atoms with Gasteiger partial charge in [-0.05, 0) is 12.8 Å². The van der Waals surface area contributed by atoms with Crippen LogP contribution in [0.15, 0.2) is 11.5 Å². The molecule has 0 amide bonds. The van der Waals surface area contributed by atoms with Crippen molar-refractivity contribution in [2.75, 3.05) is 0 Å². The van der Waals surface area contributed by atoms with Gasteiger partial charge in [-0.25, -0.2) is 0 Å². The first-order valence-corrected chi connectivity index (χ1v) is 8.47. The minimum Gasteiger partial charge on any atom is -0.0942 e. The van der Waals surface area contributed by atoms with E-state index in [2.05, 4.69) is 6.92 Å². The molecule has 0 aliphatic rings. The number of allylic oxidation sites excluding steroid dienone is 1. The van der Waals surface area contributed by atoms with Crippen LogP contribution in [0.25, 0.3) is 0 Å². The predicted octanol–water partition coefficient (Wildman–Crippen LogP) is 7.33. The van der Waals surface area contributed by atoms with Crippen LogP contribution in [-0.2, 0) is 0 Å². The van der Waals surface area contributed by atoms with E-state index in [0.717, 1.165) is 25.7 Å². The van der Waals surface area contributed by atoms with Crippen molar-refractivity contribution in [1.82, 2.24) is 0 Å². The van der Waals surface area contributed by atoms with E-state index in [1.54, 1.807) is 0 Å². The summed E-state index contributed by atoms with van der Waals surface area (Å²) in [7, 11) is -9.32. The molecule has 0 aromatic rings. The van der Waals surface area contributed by atoms with E-state index in [1.807, 2.05) is 0 Å². The summed E-state index contributed by atoms with van der Waals surface area (Å²) >= 11 is 0. The van der Waals surface area contributed by atoms with Crippen LogP contribution in [0.1, 0.15) is 64.7 Å². The molecule has 0 rings (SSSR count). The molecule has 0 fully saturated rings. The third-order valence-corrected chi connectivity index (χ3v) is 3.28. The standard InChI is InChI=1S/C12H23F5S/c1-2-3-4-5-6-7-8-9-10-11-12-18(13,14,15,16)17/h11-12H,2-10H2,1H3/b12-11+. The van der Waals surface area contributed by atoms with Gasteiger partial charge in [0, 0.05) is 0 Å². The molecule has 0 heterocycles. The van der Waals surface area contributed by atoms with Crippen LogP contribution in [0.2, 0.25) is 0 Å².